The number of amides is 1. The van der Waals surface area contributed by atoms with Gasteiger partial charge in [0.2, 0.25) is 5.91 Å². The minimum absolute atomic E-state index is 0.000910. The molecule has 1 aromatic heterocycles. The second-order valence-corrected chi connectivity index (χ2v) is 6.40. The summed E-state index contributed by atoms with van der Waals surface area (Å²) >= 11 is 0. The van der Waals surface area contributed by atoms with Gasteiger partial charge >= 0.3 is 0 Å². The normalized spacial score (nSPS) is 15.0. The van der Waals surface area contributed by atoms with Crippen molar-refractivity contribution in [3.63, 3.8) is 0 Å². The predicted octanol–water partition coefficient (Wildman–Crippen LogP) is 1.59. The summed E-state index contributed by atoms with van der Waals surface area (Å²) in [6.07, 6.45) is 1.66. The van der Waals surface area contributed by atoms with E-state index in [0.29, 0.717) is 19.7 Å². The molecule has 0 unspecified atom stereocenters. The Labute approximate surface area is 153 Å². The molecule has 1 fully saturated rings. The number of hydrogen-bond donors (Lipinski definition) is 0. The van der Waals surface area contributed by atoms with Crippen molar-refractivity contribution in [2.75, 3.05) is 32.8 Å². The summed E-state index contributed by atoms with van der Waals surface area (Å²) in [5.74, 6) is 0.891. The first kappa shape index (κ1) is 18.2. The lowest BCUT2D eigenvalue weighted by Gasteiger charge is -2.34. The number of pyridine rings is 1. The monoisotopic (exact) mass is 355 g/mol. The highest BCUT2D eigenvalue weighted by Gasteiger charge is 2.21. The highest BCUT2D eigenvalue weighted by Crippen LogP contribution is 2.14. The molecule has 1 amide bonds. The Morgan fingerprint density at radius 3 is 2.42 bits per heavy atom. The smallest absolute Gasteiger partial charge is 0.250 e. The number of hydrogen-bond acceptors (Lipinski definition) is 4. The van der Waals surface area contributed by atoms with E-state index < -0.39 is 0 Å². The molecule has 0 spiro atoms. The standard InChI is InChI=1S/C20H25N3O3/c1-2-26-18-8-6-17(7-9-18)15-21-11-13-22(14-12-21)20(25)16-23-10-4-3-5-19(23)24/h3-10H,2,11-16H2,1H3. The van der Waals surface area contributed by atoms with Crippen molar-refractivity contribution in [1.29, 1.82) is 0 Å². The van der Waals surface area contributed by atoms with Crippen molar-refractivity contribution in [2.24, 2.45) is 0 Å². The number of ether oxygens (including phenoxy) is 1. The van der Waals surface area contributed by atoms with E-state index in [1.54, 1.807) is 18.3 Å². The van der Waals surface area contributed by atoms with Crippen LogP contribution in [0.3, 0.4) is 0 Å². The molecule has 0 atom stereocenters. The van der Waals surface area contributed by atoms with E-state index in [1.807, 2.05) is 24.0 Å². The molecule has 1 saturated heterocycles. The van der Waals surface area contributed by atoms with Crippen molar-refractivity contribution >= 4 is 5.91 Å². The van der Waals surface area contributed by atoms with Crippen LogP contribution in [0.2, 0.25) is 0 Å². The number of carbonyl (C=O) groups excluding carboxylic acids is 1. The molecule has 26 heavy (non-hydrogen) atoms. The number of benzene rings is 1. The molecule has 0 radical (unpaired) electrons. The molecule has 2 heterocycles. The van der Waals surface area contributed by atoms with Gasteiger partial charge in [-0.3, -0.25) is 14.5 Å². The van der Waals surface area contributed by atoms with Crippen LogP contribution in [-0.4, -0.2) is 53.1 Å². The van der Waals surface area contributed by atoms with Gasteiger partial charge < -0.3 is 14.2 Å². The third-order valence-electron chi connectivity index (χ3n) is 4.57. The molecule has 0 saturated carbocycles. The third kappa shape index (κ3) is 4.73. The van der Waals surface area contributed by atoms with Crippen LogP contribution in [0.15, 0.2) is 53.5 Å². The van der Waals surface area contributed by atoms with Gasteiger partial charge in [0.25, 0.3) is 5.56 Å². The SMILES string of the molecule is CCOc1ccc(CN2CCN(C(=O)Cn3ccccc3=O)CC2)cc1. The maximum absolute atomic E-state index is 12.4. The number of carbonyl (C=O) groups is 1. The molecular formula is C20H25N3O3. The number of aromatic nitrogens is 1. The molecule has 1 aromatic carbocycles. The number of piperazine rings is 1. The lowest BCUT2D eigenvalue weighted by atomic mass is 10.2. The van der Waals surface area contributed by atoms with Crippen molar-refractivity contribution < 1.29 is 9.53 Å². The van der Waals surface area contributed by atoms with Gasteiger partial charge in [0, 0.05) is 45.0 Å². The summed E-state index contributed by atoms with van der Waals surface area (Å²) in [6, 6.07) is 13.1. The molecule has 138 valence electrons. The average molecular weight is 355 g/mol. The van der Waals surface area contributed by atoms with Gasteiger partial charge in [-0.15, -0.1) is 0 Å². The first-order valence-electron chi connectivity index (χ1n) is 9.03. The lowest BCUT2D eigenvalue weighted by Crippen LogP contribution is -2.49. The summed E-state index contributed by atoms with van der Waals surface area (Å²) < 4.78 is 6.92. The molecule has 0 N–H and O–H groups in total. The molecule has 2 aromatic rings. The van der Waals surface area contributed by atoms with Crippen LogP contribution in [0.4, 0.5) is 0 Å². The molecule has 6 nitrogen and oxygen atoms in total. The summed E-state index contributed by atoms with van der Waals surface area (Å²) in [5, 5.41) is 0. The Morgan fingerprint density at radius 1 is 1.04 bits per heavy atom. The first-order chi connectivity index (χ1) is 12.7. The Bertz CT molecular complexity index is 777. The lowest BCUT2D eigenvalue weighted by molar-refractivity contribution is -0.133. The zero-order chi connectivity index (χ0) is 18.4. The predicted molar refractivity (Wildman–Crippen MR) is 100 cm³/mol. The molecule has 3 rings (SSSR count). The molecule has 0 bridgehead atoms. The summed E-state index contributed by atoms with van der Waals surface area (Å²) in [4.78, 5) is 28.3. The fraction of sp³-hybridized carbons (Fsp3) is 0.400. The molecule has 6 heteroatoms. The summed E-state index contributed by atoms with van der Waals surface area (Å²) in [5.41, 5.74) is 1.10. The van der Waals surface area contributed by atoms with Crippen molar-refractivity contribution in [1.82, 2.24) is 14.4 Å². The van der Waals surface area contributed by atoms with Gasteiger partial charge in [-0.05, 0) is 30.7 Å². The number of nitrogens with zero attached hydrogens (tertiary/aromatic N) is 3. The maximum Gasteiger partial charge on any atom is 0.250 e. The van der Waals surface area contributed by atoms with Gasteiger partial charge in [0.05, 0.1) is 6.61 Å². The summed E-state index contributed by atoms with van der Waals surface area (Å²) in [6.45, 7) is 6.68. The second kappa shape index (κ2) is 8.67. The first-order valence-corrected chi connectivity index (χ1v) is 9.03. The fourth-order valence-corrected chi connectivity index (χ4v) is 3.11. The largest absolute Gasteiger partial charge is 0.494 e. The fourth-order valence-electron chi connectivity index (χ4n) is 3.11. The van der Waals surface area contributed by atoms with Gasteiger partial charge in [0.1, 0.15) is 12.3 Å². The van der Waals surface area contributed by atoms with E-state index in [1.165, 1.54) is 16.2 Å². The van der Waals surface area contributed by atoms with Crippen LogP contribution in [0.5, 0.6) is 5.75 Å². The Morgan fingerprint density at radius 2 is 1.77 bits per heavy atom. The van der Waals surface area contributed by atoms with E-state index >= 15 is 0 Å². The zero-order valence-corrected chi connectivity index (χ0v) is 15.1. The minimum Gasteiger partial charge on any atom is -0.494 e. The Hall–Kier alpha value is -2.60. The van der Waals surface area contributed by atoms with Crippen molar-refractivity contribution in [2.45, 2.75) is 20.0 Å². The van der Waals surface area contributed by atoms with Crippen LogP contribution in [0.25, 0.3) is 0 Å². The van der Waals surface area contributed by atoms with Gasteiger partial charge in [0.15, 0.2) is 0 Å². The van der Waals surface area contributed by atoms with E-state index in [9.17, 15) is 9.59 Å². The number of rotatable bonds is 6. The Kier molecular flexibility index (Phi) is 6.07. The van der Waals surface area contributed by atoms with Crippen LogP contribution in [0.1, 0.15) is 12.5 Å². The molecule has 1 aliphatic heterocycles. The van der Waals surface area contributed by atoms with Gasteiger partial charge in [-0.1, -0.05) is 18.2 Å². The van der Waals surface area contributed by atoms with Crippen LogP contribution in [0, 0.1) is 0 Å². The minimum atomic E-state index is -0.144. The van der Waals surface area contributed by atoms with Crippen molar-refractivity contribution in [3.8, 4) is 5.75 Å². The van der Waals surface area contributed by atoms with Crippen LogP contribution >= 0.6 is 0 Å². The zero-order valence-electron chi connectivity index (χ0n) is 15.1. The maximum atomic E-state index is 12.4. The Balaban J connectivity index is 1.48. The topological polar surface area (TPSA) is 54.8 Å². The van der Waals surface area contributed by atoms with E-state index in [2.05, 4.69) is 17.0 Å². The molecule has 1 aliphatic rings. The van der Waals surface area contributed by atoms with Gasteiger partial charge in [-0.2, -0.15) is 0 Å². The van der Waals surface area contributed by atoms with Gasteiger partial charge in [-0.25, -0.2) is 0 Å². The van der Waals surface area contributed by atoms with E-state index in [4.69, 9.17) is 4.74 Å². The van der Waals surface area contributed by atoms with Crippen LogP contribution in [-0.2, 0) is 17.9 Å². The highest BCUT2D eigenvalue weighted by atomic mass is 16.5. The molecule has 0 aliphatic carbocycles. The summed E-state index contributed by atoms with van der Waals surface area (Å²) in [7, 11) is 0. The third-order valence-corrected chi connectivity index (χ3v) is 4.57. The highest BCUT2D eigenvalue weighted by molar-refractivity contribution is 5.76. The van der Waals surface area contributed by atoms with E-state index in [0.717, 1.165) is 25.4 Å². The van der Waals surface area contributed by atoms with E-state index in [-0.39, 0.29) is 18.0 Å². The average Bonchev–Trinajstić information content (AvgIpc) is 2.66. The molecular weight excluding hydrogens is 330 g/mol. The second-order valence-electron chi connectivity index (χ2n) is 6.40. The van der Waals surface area contributed by atoms with Crippen LogP contribution < -0.4 is 10.3 Å². The van der Waals surface area contributed by atoms with Crippen molar-refractivity contribution in [3.05, 3.63) is 64.6 Å². The quantitative estimate of drug-likeness (QED) is 0.790.